The number of hydrogen-bond donors (Lipinski definition) is 2. The minimum atomic E-state index is -1.10. The minimum Gasteiger partial charge on any atom is -0.307 e. The van der Waals surface area contributed by atoms with Crippen molar-refractivity contribution in [3.05, 3.63) is 0 Å². The number of nitrogens with two attached hydrogens (primary N) is 2. The summed E-state index contributed by atoms with van der Waals surface area (Å²) in [7, 11) is 0. The summed E-state index contributed by atoms with van der Waals surface area (Å²) in [6.07, 6.45) is 24.0. The van der Waals surface area contributed by atoms with Crippen LogP contribution in [0.15, 0.2) is 0 Å². The van der Waals surface area contributed by atoms with E-state index >= 15 is 0 Å². The van der Waals surface area contributed by atoms with Crippen molar-refractivity contribution in [1.82, 2.24) is 0 Å². The van der Waals surface area contributed by atoms with E-state index in [4.69, 9.17) is 11.5 Å². The summed E-state index contributed by atoms with van der Waals surface area (Å²) in [5, 5.41) is 0. The third-order valence-corrected chi connectivity index (χ3v) is 5.72. The van der Waals surface area contributed by atoms with Gasteiger partial charge in [-0.2, -0.15) is 0 Å². The SMILES string of the molecule is CCCCCCCCCCCC(=O)C(N)(N)CCCCCCCCCCC. The lowest BCUT2D eigenvalue weighted by Gasteiger charge is -2.23. The van der Waals surface area contributed by atoms with Crippen LogP contribution in [-0.2, 0) is 4.79 Å². The second kappa shape index (κ2) is 18.9. The number of Topliss-reactive ketones (excluding diaryl/α,β-unsaturated/α-hetero) is 1. The van der Waals surface area contributed by atoms with E-state index in [1.807, 2.05) is 0 Å². The average molecular weight is 383 g/mol. The molecular weight excluding hydrogens is 332 g/mol. The monoisotopic (exact) mass is 382 g/mol. The highest BCUT2D eigenvalue weighted by molar-refractivity contribution is 5.87. The van der Waals surface area contributed by atoms with Crippen molar-refractivity contribution in [1.29, 1.82) is 0 Å². The Morgan fingerprint density at radius 3 is 1.30 bits per heavy atom. The molecule has 0 aromatic rings. The fraction of sp³-hybridized carbons (Fsp3) is 0.958. The minimum absolute atomic E-state index is 0.0602. The van der Waals surface area contributed by atoms with Gasteiger partial charge in [0.05, 0.1) is 0 Å². The summed E-state index contributed by atoms with van der Waals surface area (Å²) in [4.78, 5) is 12.3. The Balaban J connectivity index is 3.53. The molecule has 27 heavy (non-hydrogen) atoms. The highest BCUT2D eigenvalue weighted by Crippen LogP contribution is 2.16. The highest BCUT2D eigenvalue weighted by Gasteiger charge is 2.27. The van der Waals surface area contributed by atoms with E-state index in [-0.39, 0.29) is 5.78 Å². The van der Waals surface area contributed by atoms with Crippen molar-refractivity contribution >= 4 is 5.78 Å². The van der Waals surface area contributed by atoms with Crippen LogP contribution in [0.3, 0.4) is 0 Å². The number of hydrogen-bond acceptors (Lipinski definition) is 3. The van der Waals surface area contributed by atoms with Crippen molar-refractivity contribution in [2.24, 2.45) is 11.5 Å². The van der Waals surface area contributed by atoms with Crippen LogP contribution >= 0.6 is 0 Å². The van der Waals surface area contributed by atoms with Gasteiger partial charge in [0.15, 0.2) is 5.78 Å². The molecule has 0 aliphatic carbocycles. The molecule has 0 aromatic carbocycles. The fourth-order valence-corrected chi connectivity index (χ4v) is 3.70. The van der Waals surface area contributed by atoms with E-state index in [2.05, 4.69) is 13.8 Å². The average Bonchev–Trinajstić information content (AvgIpc) is 2.65. The van der Waals surface area contributed by atoms with E-state index < -0.39 is 5.66 Å². The van der Waals surface area contributed by atoms with Crippen molar-refractivity contribution in [2.75, 3.05) is 0 Å². The molecule has 0 aromatic heterocycles. The van der Waals surface area contributed by atoms with Gasteiger partial charge in [-0.15, -0.1) is 0 Å². The third kappa shape index (κ3) is 17.4. The first-order valence-corrected chi connectivity index (χ1v) is 12.2. The Bertz CT molecular complexity index is 328. The summed E-state index contributed by atoms with van der Waals surface area (Å²) in [6, 6.07) is 0. The van der Waals surface area contributed by atoms with E-state index in [0.717, 1.165) is 25.7 Å². The highest BCUT2D eigenvalue weighted by atomic mass is 16.1. The lowest BCUT2D eigenvalue weighted by molar-refractivity contribution is -0.124. The molecule has 0 aliphatic heterocycles. The van der Waals surface area contributed by atoms with Gasteiger partial charge in [0.1, 0.15) is 5.66 Å². The van der Waals surface area contributed by atoms with Crippen LogP contribution in [0.5, 0.6) is 0 Å². The number of carbonyl (C=O) groups excluding carboxylic acids is 1. The molecule has 0 atom stereocenters. The van der Waals surface area contributed by atoms with Gasteiger partial charge in [0.2, 0.25) is 0 Å². The molecule has 4 N–H and O–H groups in total. The summed E-state index contributed by atoms with van der Waals surface area (Å²) in [5.74, 6) is 0.0602. The number of carbonyl (C=O) groups is 1. The predicted molar refractivity (Wildman–Crippen MR) is 120 cm³/mol. The zero-order valence-corrected chi connectivity index (χ0v) is 18.7. The molecule has 0 fully saturated rings. The van der Waals surface area contributed by atoms with Crippen molar-refractivity contribution in [3.63, 3.8) is 0 Å². The van der Waals surface area contributed by atoms with Crippen LogP contribution in [0.25, 0.3) is 0 Å². The van der Waals surface area contributed by atoms with Crippen LogP contribution in [0.1, 0.15) is 142 Å². The normalized spacial score (nSPS) is 11.9. The summed E-state index contributed by atoms with van der Waals surface area (Å²) in [5.41, 5.74) is 11.1. The van der Waals surface area contributed by atoms with Crippen LogP contribution in [0.2, 0.25) is 0 Å². The van der Waals surface area contributed by atoms with Gasteiger partial charge in [0, 0.05) is 6.42 Å². The lowest BCUT2D eigenvalue weighted by Crippen LogP contribution is -2.56. The maximum absolute atomic E-state index is 12.3. The molecule has 0 unspecified atom stereocenters. The molecular formula is C24H50N2O. The topological polar surface area (TPSA) is 69.1 Å². The molecule has 0 bridgehead atoms. The first kappa shape index (κ1) is 26.6. The Hall–Kier alpha value is -0.410. The number of ketones is 1. The third-order valence-electron chi connectivity index (χ3n) is 5.72. The standard InChI is InChI=1S/C24H50N2O/c1-3-5-7-9-11-13-15-17-19-21-23(27)24(25,26)22-20-18-16-14-12-10-8-6-4-2/h3-22,25-26H2,1-2H3. The summed E-state index contributed by atoms with van der Waals surface area (Å²) < 4.78 is 0. The van der Waals surface area contributed by atoms with Gasteiger partial charge in [-0.25, -0.2) is 0 Å². The maximum atomic E-state index is 12.3. The fourth-order valence-electron chi connectivity index (χ4n) is 3.70. The van der Waals surface area contributed by atoms with Crippen LogP contribution < -0.4 is 11.5 Å². The second-order valence-electron chi connectivity index (χ2n) is 8.62. The molecule has 0 radical (unpaired) electrons. The summed E-state index contributed by atoms with van der Waals surface area (Å²) in [6.45, 7) is 4.50. The van der Waals surface area contributed by atoms with E-state index in [0.29, 0.717) is 12.8 Å². The number of rotatable bonds is 21. The Morgan fingerprint density at radius 2 is 0.889 bits per heavy atom. The molecule has 0 heterocycles. The van der Waals surface area contributed by atoms with Gasteiger partial charge < -0.3 is 11.5 Å². The van der Waals surface area contributed by atoms with Gasteiger partial charge in [0.25, 0.3) is 0 Å². The Kier molecular flexibility index (Phi) is 18.6. The Morgan fingerprint density at radius 1 is 0.556 bits per heavy atom. The first-order chi connectivity index (χ1) is 13.0. The van der Waals surface area contributed by atoms with E-state index in [1.54, 1.807) is 0 Å². The van der Waals surface area contributed by atoms with E-state index in [1.165, 1.54) is 89.9 Å². The van der Waals surface area contributed by atoms with Gasteiger partial charge >= 0.3 is 0 Å². The quantitative estimate of drug-likeness (QED) is 0.166. The molecule has 162 valence electrons. The molecule has 0 saturated heterocycles. The van der Waals surface area contributed by atoms with Crippen LogP contribution in [0, 0.1) is 0 Å². The molecule has 0 saturated carbocycles. The molecule has 3 heteroatoms. The first-order valence-electron chi connectivity index (χ1n) is 12.2. The van der Waals surface area contributed by atoms with Crippen LogP contribution in [-0.4, -0.2) is 11.4 Å². The molecule has 0 amide bonds. The zero-order chi connectivity index (χ0) is 20.2. The molecule has 0 spiro atoms. The second-order valence-corrected chi connectivity index (χ2v) is 8.62. The molecule has 0 aliphatic rings. The summed E-state index contributed by atoms with van der Waals surface area (Å²) >= 11 is 0. The number of unbranched alkanes of at least 4 members (excludes halogenated alkanes) is 16. The maximum Gasteiger partial charge on any atom is 0.166 e. The van der Waals surface area contributed by atoms with Crippen molar-refractivity contribution < 1.29 is 4.79 Å². The lowest BCUT2D eigenvalue weighted by atomic mass is 9.94. The van der Waals surface area contributed by atoms with Gasteiger partial charge in [-0.05, 0) is 19.3 Å². The smallest absolute Gasteiger partial charge is 0.166 e. The molecule has 0 rings (SSSR count). The predicted octanol–water partition coefficient (Wildman–Crippen LogP) is 7.01. The van der Waals surface area contributed by atoms with Gasteiger partial charge in [-0.3, -0.25) is 4.79 Å². The van der Waals surface area contributed by atoms with Crippen molar-refractivity contribution in [3.8, 4) is 0 Å². The van der Waals surface area contributed by atoms with Crippen LogP contribution in [0.4, 0.5) is 0 Å². The van der Waals surface area contributed by atoms with Gasteiger partial charge in [-0.1, -0.05) is 117 Å². The molecule has 3 nitrogen and oxygen atoms in total. The Labute approximate surface area is 170 Å². The van der Waals surface area contributed by atoms with Crippen molar-refractivity contribution in [2.45, 2.75) is 148 Å². The zero-order valence-electron chi connectivity index (χ0n) is 18.7. The largest absolute Gasteiger partial charge is 0.307 e. The van der Waals surface area contributed by atoms with E-state index in [9.17, 15) is 4.79 Å².